The summed E-state index contributed by atoms with van der Waals surface area (Å²) in [7, 11) is -2.05. The predicted molar refractivity (Wildman–Crippen MR) is 85.7 cm³/mol. The van der Waals surface area contributed by atoms with Gasteiger partial charge >= 0.3 is 5.97 Å². The Labute approximate surface area is 123 Å². The molecule has 0 aliphatic carbocycles. The van der Waals surface area contributed by atoms with Gasteiger partial charge in [-0.25, -0.2) is 4.79 Å². The second kappa shape index (κ2) is 6.01. The number of methoxy groups -OCH3 is 1. The predicted octanol–water partition coefficient (Wildman–Crippen LogP) is 3.90. The fraction of sp³-hybridized carbons (Fsp3) is 0.500. The highest BCUT2D eigenvalue weighted by atomic mass is 28.4. The topological polar surface area (TPSA) is 44.8 Å². The third-order valence-electron chi connectivity index (χ3n) is 2.21. The quantitative estimate of drug-likeness (QED) is 0.774. The highest BCUT2D eigenvalue weighted by Gasteiger charge is 2.23. The molecule has 0 saturated carbocycles. The Morgan fingerprint density at radius 2 is 1.55 bits per heavy atom. The number of ether oxygens (including phenoxy) is 1. The molecule has 4 nitrogen and oxygen atoms in total. The SMILES string of the molecule is COc1cc(C(=O)O[Si](C)(C)C)ccc1O[Si](C)(C)C. The van der Waals surface area contributed by atoms with Crippen molar-refractivity contribution in [2.24, 2.45) is 0 Å². The van der Waals surface area contributed by atoms with E-state index in [0.717, 1.165) is 0 Å². The van der Waals surface area contributed by atoms with Crippen LogP contribution in [-0.2, 0) is 4.43 Å². The minimum atomic E-state index is -1.90. The van der Waals surface area contributed by atoms with Gasteiger partial charge in [-0.15, -0.1) is 0 Å². The fourth-order valence-corrected chi connectivity index (χ4v) is 3.05. The van der Waals surface area contributed by atoms with Crippen LogP contribution in [0.2, 0.25) is 39.3 Å². The lowest BCUT2D eigenvalue weighted by Crippen LogP contribution is -2.30. The number of hydrogen-bond acceptors (Lipinski definition) is 4. The largest absolute Gasteiger partial charge is 0.542 e. The van der Waals surface area contributed by atoms with E-state index < -0.39 is 16.6 Å². The zero-order valence-electron chi connectivity index (χ0n) is 13.4. The van der Waals surface area contributed by atoms with E-state index in [9.17, 15) is 4.79 Å². The molecule has 0 saturated heterocycles. The van der Waals surface area contributed by atoms with Crippen LogP contribution < -0.4 is 9.16 Å². The van der Waals surface area contributed by atoms with E-state index in [1.165, 1.54) is 0 Å². The van der Waals surface area contributed by atoms with Gasteiger partial charge in [-0.2, -0.15) is 0 Å². The molecule has 0 heterocycles. The molecule has 20 heavy (non-hydrogen) atoms. The maximum atomic E-state index is 12.0. The smallest absolute Gasteiger partial charge is 0.324 e. The third kappa shape index (κ3) is 5.38. The van der Waals surface area contributed by atoms with Gasteiger partial charge in [0.25, 0.3) is 0 Å². The van der Waals surface area contributed by atoms with Crippen LogP contribution in [0.3, 0.4) is 0 Å². The zero-order valence-corrected chi connectivity index (χ0v) is 15.4. The molecule has 1 aromatic carbocycles. The number of rotatable bonds is 5. The lowest BCUT2D eigenvalue weighted by atomic mass is 10.2. The summed E-state index contributed by atoms with van der Waals surface area (Å²) in [6.45, 7) is 12.2. The molecule has 112 valence electrons. The van der Waals surface area contributed by atoms with E-state index in [0.29, 0.717) is 17.1 Å². The molecule has 0 aliphatic rings. The second-order valence-corrected chi connectivity index (χ2v) is 15.4. The van der Waals surface area contributed by atoms with E-state index in [4.69, 9.17) is 13.6 Å². The van der Waals surface area contributed by atoms with Crippen molar-refractivity contribution < 1.29 is 18.4 Å². The van der Waals surface area contributed by atoms with Crippen LogP contribution in [0, 0.1) is 0 Å². The Balaban J connectivity index is 3.01. The number of hydrogen-bond donors (Lipinski definition) is 0. The van der Waals surface area contributed by atoms with E-state index in [-0.39, 0.29) is 5.97 Å². The Hall–Kier alpha value is -1.28. The molecule has 1 rings (SSSR count). The van der Waals surface area contributed by atoms with Crippen LogP contribution in [0.4, 0.5) is 0 Å². The van der Waals surface area contributed by atoms with Gasteiger partial charge in [-0.1, -0.05) is 0 Å². The summed E-state index contributed by atoms with van der Waals surface area (Å²) in [5.41, 5.74) is 0.493. The lowest BCUT2D eigenvalue weighted by molar-refractivity contribution is 0.0724. The molecular weight excluding hydrogens is 288 g/mol. The highest BCUT2D eigenvalue weighted by molar-refractivity contribution is 6.71. The maximum absolute atomic E-state index is 12.0. The van der Waals surface area contributed by atoms with Crippen molar-refractivity contribution in [3.63, 3.8) is 0 Å². The van der Waals surface area contributed by atoms with Crippen LogP contribution >= 0.6 is 0 Å². The molecule has 6 heteroatoms. The summed E-state index contributed by atoms with van der Waals surface area (Å²) >= 11 is 0. The van der Waals surface area contributed by atoms with Crippen LogP contribution in [-0.4, -0.2) is 29.7 Å². The summed E-state index contributed by atoms with van der Waals surface area (Å²) in [5.74, 6) is 0.940. The van der Waals surface area contributed by atoms with Gasteiger partial charge in [-0.05, 0) is 57.5 Å². The maximum Gasteiger partial charge on any atom is 0.324 e. The summed E-state index contributed by atoms with van der Waals surface area (Å²) in [6.07, 6.45) is 0. The molecule has 0 aromatic heterocycles. The van der Waals surface area contributed by atoms with Gasteiger partial charge < -0.3 is 13.6 Å². The van der Waals surface area contributed by atoms with Crippen molar-refractivity contribution in [1.29, 1.82) is 0 Å². The number of benzene rings is 1. The molecule has 0 amide bonds. The minimum Gasteiger partial charge on any atom is -0.542 e. The molecule has 0 N–H and O–H groups in total. The van der Waals surface area contributed by atoms with E-state index >= 15 is 0 Å². The standard InChI is InChI=1S/C14H24O4Si2/c1-16-13-10-11(14(15)18-20(5,6)7)8-9-12(13)17-19(2,3)4/h8-10H,1-7H3. The van der Waals surface area contributed by atoms with Crippen molar-refractivity contribution >= 4 is 22.6 Å². The summed E-state index contributed by atoms with van der Waals surface area (Å²) in [4.78, 5) is 12.0. The van der Waals surface area contributed by atoms with Gasteiger partial charge in [0.05, 0.1) is 12.7 Å². The molecule has 0 fully saturated rings. The normalized spacial score (nSPS) is 11.9. The van der Waals surface area contributed by atoms with Crippen LogP contribution in [0.15, 0.2) is 18.2 Å². The van der Waals surface area contributed by atoms with Gasteiger partial charge in [0, 0.05) is 0 Å². The average Bonchev–Trinajstić information content (AvgIpc) is 2.25. The van der Waals surface area contributed by atoms with Crippen LogP contribution in [0.1, 0.15) is 10.4 Å². The third-order valence-corrected chi connectivity index (χ3v) is 3.84. The minimum absolute atomic E-state index is 0.304. The Bertz CT molecular complexity index is 487. The Morgan fingerprint density at radius 1 is 0.950 bits per heavy atom. The van der Waals surface area contributed by atoms with E-state index in [1.54, 1.807) is 25.3 Å². The van der Waals surface area contributed by atoms with Crippen molar-refractivity contribution in [2.45, 2.75) is 39.3 Å². The summed E-state index contributed by atoms with van der Waals surface area (Å²) < 4.78 is 16.7. The highest BCUT2D eigenvalue weighted by Crippen LogP contribution is 2.30. The fourth-order valence-electron chi connectivity index (χ4n) is 1.55. The molecule has 0 unspecified atom stereocenters. The molecule has 0 bridgehead atoms. The average molecular weight is 313 g/mol. The molecule has 0 radical (unpaired) electrons. The first kappa shape index (κ1) is 16.8. The number of carbonyl (C=O) groups is 1. The van der Waals surface area contributed by atoms with Crippen LogP contribution in [0.25, 0.3) is 0 Å². The summed E-state index contributed by atoms with van der Waals surface area (Å²) in [5, 5.41) is 0. The molecule has 0 aliphatic heterocycles. The van der Waals surface area contributed by atoms with E-state index in [2.05, 4.69) is 19.6 Å². The number of carbonyl (C=O) groups excluding carboxylic acids is 1. The van der Waals surface area contributed by atoms with Gasteiger partial charge in [0.1, 0.15) is 5.75 Å². The molecule has 0 spiro atoms. The zero-order chi connectivity index (χ0) is 15.6. The van der Waals surface area contributed by atoms with Crippen molar-refractivity contribution in [3.05, 3.63) is 23.8 Å². The van der Waals surface area contributed by atoms with Gasteiger partial charge in [-0.3, -0.25) is 0 Å². The lowest BCUT2D eigenvalue weighted by Gasteiger charge is -2.22. The van der Waals surface area contributed by atoms with E-state index in [1.807, 2.05) is 19.6 Å². The first-order valence-electron chi connectivity index (χ1n) is 6.62. The monoisotopic (exact) mass is 312 g/mol. The molecular formula is C14H24O4Si2. The van der Waals surface area contributed by atoms with Crippen molar-refractivity contribution in [3.8, 4) is 11.5 Å². The van der Waals surface area contributed by atoms with Crippen LogP contribution in [0.5, 0.6) is 11.5 Å². The molecule has 1 aromatic rings. The molecule has 0 atom stereocenters. The Kier molecular flexibility index (Phi) is 5.04. The first-order valence-corrected chi connectivity index (χ1v) is 13.4. The van der Waals surface area contributed by atoms with Gasteiger partial charge in [0.2, 0.25) is 16.6 Å². The first-order chi connectivity index (χ1) is 9.02. The summed E-state index contributed by atoms with van der Waals surface area (Å²) in [6, 6.07) is 5.18. The van der Waals surface area contributed by atoms with Crippen molar-refractivity contribution in [2.75, 3.05) is 7.11 Å². The second-order valence-electron chi connectivity index (χ2n) is 6.58. The van der Waals surface area contributed by atoms with Crippen molar-refractivity contribution in [1.82, 2.24) is 0 Å². The Morgan fingerprint density at radius 3 is 2.00 bits per heavy atom. The van der Waals surface area contributed by atoms with Gasteiger partial charge in [0.15, 0.2) is 5.75 Å².